The molecule has 7 heteroatoms. The van der Waals surface area contributed by atoms with Gasteiger partial charge in [0.05, 0.1) is 12.9 Å². The molecule has 1 atom stereocenters. The number of ether oxygens (including phenoxy) is 1. The highest BCUT2D eigenvalue weighted by atomic mass is 16.5. The summed E-state index contributed by atoms with van der Waals surface area (Å²) < 4.78 is 10.00. The third kappa shape index (κ3) is 4.07. The van der Waals surface area contributed by atoms with E-state index in [0.29, 0.717) is 13.0 Å². The Morgan fingerprint density at radius 3 is 2.90 bits per heavy atom. The zero-order valence-electron chi connectivity index (χ0n) is 11.1. The van der Waals surface area contributed by atoms with Crippen LogP contribution in [0.2, 0.25) is 0 Å². The van der Waals surface area contributed by atoms with Crippen LogP contribution in [-0.2, 0) is 9.53 Å². The molecule has 0 aromatic carbocycles. The van der Waals surface area contributed by atoms with E-state index in [-0.39, 0.29) is 43.7 Å². The first-order chi connectivity index (χ1) is 9.59. The van der Waals surface area contributed by atoms with Crippen LogP contribution >= 0.6 is 0 Å². The number of amides is 2. The van der Waals surface area contributed by atoms with Gasteiger partial charge in [-0.25, -0.2) is 0 Å². The molecule has 1 aromatic heterocycles. The second kappa shape index (κ2) is 6.53. The maximum Gasteiger partial charge on any atom is 0.286 e. The van der Waals surface area contributed by atoms with Crippen LogP contribution in [0.25, 0.3) is 0 Å². The van der Waals surface area contributed by atoms with Crippen LogP contribution < -0.4 is 10.6 Å². The quantitative estimate of drug-likeness (QED) is 0.663. The van der Waals surface area contributed by atoms with E-state index in [4.69, 9.17) is 9.15 Å². The molecule has 1 aliphatic heterocycles. The van der Waals surface area contributed by atoms with Crippen molar-refractivity contribution in [1.29, 1.82) is 0 Å². The normalized spacial score (nSPS) is 21.6. The lowest BCUT2D eigenvalue weighted by atomic mass is 10.0. The largest absolute Gasteiger partial charge is 0.459 e. The Labute approximate surface area is 116 Å². The number of aliphatic hydroxyl groups is 1. The topological polar surface area (TPSA) is 101 Å². The van der Waals surface area contributed by atoms with Gasteiger partial charge in [0.25, 0.3) is 5.91 Å². The average Bonchev–Trinajstić information content (AvgIpc) is 3.08. The summed E-state index contributed by atoms with van der Waals surface area (Å²) in [6, 6.07) is 3.16. The molecule has 2 amide bonds. The molecule has 1 aromatic rings. The highest BCUT2D eigenvalue weighted by Crippen LogP contribution is 2.16. The summed E-state index contributed by atoms with van der Waals surface area (Å²) in [7, 11) is 0. The molecule has 0 aliphatic carbocycles. The van der Waals surface area contributed by atoms with Crippen molar-refractivity contribution >= 4 is 11.8 Å². The molecule has 7 nitrogen and oxygen atoms in total. The number of furan rings is 1. The van der Waals surface area contributed by atoms with Gasteiger partial charge in [-0.3, -0.25) is 9.59 Å². The smallest absolute Gasteiger partial charge is 0.286 e. The first-order valence-corrected chi connectivity index (χ1v) is 6.48. The lowest BCUT2D eigenvalue weighted by molar-refractivity contribution is -0.122. The number of hydrogen-bond donors (Lipinski definition) is 3. The molecule has 0 radical (unpaired) electrons. The Morgan fingerprint density at radius 2 is 2.25 bits per heavy atom. The maximum absolute atomic E-state index is 11.6. The zero-order chi connectivity index (χ0) is 14.4. The van der Waals surface area contributed by atoms with Gasteiger partial charge in [0.2, 0.25) is 5.91 Å². The van der Waals surface area contributed by atoms with Crippen LogP contribution in [0.4, 0.5) is 0 Å². The van der Waals surface area contributed by atoms with Crippen molar-refractivity contribution < 1.29 is 23.8 Å². The Bertz CT molecular complexity index is 451. The molecule has 3 N–H and O–H groups in total. The van der Waals surface area contributed by atoms with Crippen LogP contribution in [0.1, 0.15) is 23.4 Å². The second-order valence-corrected chi connectivity index (χ2v) is 4.79. The first kappa shape index (κ1) is 14.5. The molecular weight excluding hydrogens is 264 g/mol. The lowest BCUT2D eigenvalue weighted by Crippen LogP contribution is -2.44. The van der Waals surface area contributed by atoms with E-state index in [1.54, 1.807) is 12.1 Å². The third-order valence-electron chi connectivity index (χ3n) is 3.08. The second-order valence-electron chi connectivity index (χ2n) is 4.79. The van der Waals surface area contributed by atoms with Crippen molar-refractivity contribution in [2.24, 2.45) is 0 Å². The Morgan fingerprint density at radius 1 is 1.40 bits per heavy atom. The standard InChI is InChI=1S/C13H18N2O5/c16-11(15-8-13(18)4-7-19-9-13)3-5-14-12(17)10-2-1-6-20-10/h1-2,6,18H,3-5,7-9H2,(H,14,17)(H,15,16). The summed E-state index contributed by atoms with van der Waals surface area (Å²) in [5.74, 6) is -0.376. The third-order valence-corrected chi connectivity index (χ3v) is 3.08. The summed E-state index contributed by atoms with van der Waals surface area (Å²) in [5, 5.41) is 15.2. The van der Waals surface area contributed by atoms with E-state index in [1.807, 2.05) is 0 Å². The minimum atomic E-state index is -0.965. The summed E-state index contributed by atoms with van der Waals surface area (Å²) >= 11 is 0. The molecular formula is C13H18N2O5. The van der Waals surface area contributed by atoms with Gasteiger partial charge >= 0.3 is 0 Å². The molecule has 1 saturated heterocycles. The number of hydrogen-bond acceptors (Lipinski definition) is 5. The molecule has 1 unspecified atom stereocenters. The Kier molecular flexibility index (Phi) is 4.75. The predicted molar refractivity (Wildman–Crippen MR) is 69.1 cm³/mol. The molecule has 1 aliphatic rings. The minimum Gasteiger partial charge on any atom is -0.459 e. The van der Waals surface area contributed by atoms with Crippen LogP contribution in [0.15, 0.2) is 22.8 Å². The number of carbonyl (C=O) groups excluding carboxylic acids is 2. The molecule has 2 heterocycles. The van der Waals surface area contributed by atoms with E-state index in [2.05, 4.69) is 10.6 Å². The van der Waals surface area contributed by atoms with E-state index in [0.717, 1.165) is 0 Å². The highest BCUT2D eigenvalue weighted by Gasteiger charge is 2.32. The molecule has 2 rings (SSSR count). The van der Waals surface area contributed by atoms with Gasteiger partial charge in [0.15, 0.2) is 5.76 Å². The van der Waals surface area contributed by atoms with Gasteiger partial charge in [-0.1, -0.05) is 0 Å². The minimum absolute atomic E-state index is 0.142. The lowest BCUT2D eigenvalue weighted by Gasteiger charge is -2.20. The molecule has 110 valence electrons. The summed E-state index contributed by atoms with van der Waals surface area (Å²) in [6.45, 7) is 1.12. The van der Waals surface area contributed by atoms with Crippen molar-refractivity contribution in [3.63, 3.8) is 0 Å². The highest BCUT2D eigenvalue weighted by molar-refractivity contribution is 5.91. The van der Waals surface area contributed by atoms with Gasteiger partial charge in [-0.2, -0.15) is 0 Å². The number of rotatable bonds is 6. The van der Waals surface area contributed by atoms with Crippen LogP contribution in [0.3, 0.4) is 0 Å². The summed E-state index contributed by atoms with van der Waals surface area (Å²) in [5.41, 5.74) is -0.965. The van der Waals surface area contributed by atoms with Crippen LogP contribution in [0.5, 0.6) is 0 Å². The number of carbonyl (C=O) groups is 2. The van der Waals surface area contributed by atoms with Crippen LogP contribution in [-0.4, -0.2) is 48.8 Å². The van der Waals surface area contributed by atoms with E-state index >= 15 is 0 Å². The fourth-order valence-electron chi connectivity index (χ4n) is 1.87. The van der Waals surface area contributed by atoms with Crippen molar-refractivity contribution in [2.75, 3.05) is 26.3 Å². The monoisotopic (exact) mass is 282 g/mol. The fourth-order valence-corrected chi connectivity index (χ4v) is 1.87. The fraction of sp³-hybridized carbons (Fsp3) is 0.538. The molecule has 0 saturated carbocycles. The number of nitrogens with one attached hydrogen (secondary N) is 2. The van der Waals surface area contributed by atoms with Crippen molar-refractivity contribution in [3.8, 4) is 0 Å². The first-order valence-electron chi connectivity index (χ1n) is 6.48. The van der Waals surface area contributed by atoms with E-state index < -0.39 is 5.60 Å². The van der Waals surface area contributed by atoms with Crippen molar-refractivity contribution in [1.82, 2.24) is 10.6 Å². The maximum atomic E-state index is 11.6. The van der Waals surface area contributed by atoms with Crippen LogP contribution in [0, 0.1) is 0 Å². The van der Waals surface area contributed by atoms with Gasteiger partial charge in [-0.15, -0.1) is 0 Å². The summed E-state index contributed by atoms with van der Waals surface area (Å²) in [6.07, 6.45) is 2.07. The van der Waals surface area contributed by atoms with Gasteiger partial charge < -0.3 is 24.9 Å². The van der Waals surface area contributed by atoms with Gasteiger partial charge in [0.1, 0.15) is 5.60 Å². The Balaban J connectivity index is 1.62. The Hall–Kier alpha value is -1.86. The van der Waals surface area contributed by atoms with E-state index in [9.17, 15) is 14.7 Å². The zero-order valence-corrected chi connectivity index (χ0v) is 11.1. The SMILES string of the molecule is O=C(CCNC(=O)c1ccco1)NCC1(O)CCOC1. The molecule has 0 spiro atoms. The summed E-state index contributed by atoms with van der Waals surface area (Å²) in [4.78, 5) is 23.1. The molecule has 20 heavy (non-hydrogen) atoms. The van der Waals surface area contributed by atoms with E-state index in [1.165, 1.54) is 6.26 Å². The predicted octanol–water partition coefficient (Wildman–Crippen LogP) is -0.333. The van der Waals surface area contributed by atoms with Crippen molar-refractivity contribution in [3.05, 3.63) is 24.2 Å². The van der Waals surface area contributed by atoms with Gasteiger partial charge in [-0.05, 0) is 12.1 Å². The molecule has 0 bridgehead atoms. The average molecular weight is 282 g/mol. The van der Waals surface area contributed by atoms with Gasteiger partial charge in [0, 0.05) is 32.5 Å². The molecule has 1 fully saturated rings. The van der Waals surface area contributed by atoms with Crippen molar-refractivity contribution in [2.45, 2.75) is 18.4 Å².